The Balaban J connectivity index is 3.24. The Hall–Kier alpha value is -1.10. The van der Waals surface area contributed by atoms with Gasteiger partial charge in [0.25, 0.3) is 0 Å². The number of rotatable bonds is 3. The van der Waals surface area contributed by atoms with Gasteiger partial charge in [-0.05, 0) is 12.2 Å². The van der Waals surface area contributed by atoms with E-state index in [4.69, 9.17) is 5.11 Å². The van der Waals surface area contributed by atoms with Crippen LogP contribution in [0.1, 0.15) is 35.8 Å². The van der Waals surface area contributed by atoms with Crippen LogP contribution in [0.5, 0.6) is 0 Å². The van der Waals surface area contributed by atoms with Gasteiger partial charge in [-0.1, -0.05) is 25.6 Å². The fraction of sp³-hybridized carbons (Fsp3) is 0.444. The van der Waals surface area contributed by atoms with Gasteiger partial charge in [-0.25, -0.2) is 14.8 Å². The van der Waals surface area contributed by atoms with E-state index in [2.05, 4.69) is 9.97 Å². The van der Waals surface area contributed by atoms with E-state index in [9.17, 15) is 4.79 Å². The highest BCUT2D eigenvalue weighted by Gasteiger charge is 2.15. The molecule has 1 rings (SSSR count). The van der Waals surface area contributed by atoms with Crippen molar-refractivity contribution in [2.75, 3.05) is 6.26 Å². The van der Waals surface area contributed by atoms with Crippen LogP contribution < -0.4 is 0 Å². The van der Waals surface area contributed by atoms with Crippen LogP contribution in [0.25, 0.3) is 0 Å². The number of thioether (sulfide) groups is 1. The summed E-state index contributed by atoms with van der Waals surface area (Å²) in [5.74, 6) is -0.878. The maximum absolute atomic E-state index is 10.8. The van der Waals surface area contributed by atoms with Crippen LogP contribution in [-0.2, 0) is 0 Å². The topological polar surface area (TPSA) is 63.1 Å². The average molecular weight is 212 g/mol. The molecule has 0 unspecified atom stereocenters. The van der Waals surface area contributed by atoms with E-state index in [0.29, 0.717) is 10.9 Å². The number of nitrogens with zero attached hydrogens (tertiary/aromatic N) is 2. The summed E-state index contributed by atoms with van der Waals surface area (Å²) in [6, 6.07) is 0. The Morgan fingerprint density at radius 3 is 2.64 bits per heavy atom. The molecular formula is C9H12N2O2S. The first kappa shape index (κ1) is 11.0. The lowest BCUT2D eigenvalue weighted by molar-refractivity contribution is 0.0694. The third-order valence-electron chi connectivity index (χ3n) is 1.76. The molecule has 0 aromatic carbocycles. The van der Waals surface area contributed by atoms with Crippen molar-refractivity contribution < 1.29 is 9.90 Å². The van der Waals surface area contributed by atoms with Crippen molar-refractivity contribution in [3.63, 3.8) is 0 Å². The van der Waals surface area contributed by atoms with E-state index in [1.807, 2.05) is 20.1 Å². The van der Waals surface area contributed by atoms with Gasteiger partial charge >= 0.3 is 5.97 Å². The SMILES string of the molecule is CSc1ncc(C(=O)O)c(C(C)C)n1. The molecule has 5 heteroatoms. The summed E-state index contributed by atoms with van der Waals surface area (Å²) in [4.78, 5) is 19.0. The number of aromatic nitrogens is 2. The lowest BCUT2D eigenvalue weighted by atomic mass is 10.1. The lowest BCUT2D eigenvalue weighted by Crippen LogP contribution is -2.08. The highest BCUT2D eigenvalue weighted by atomic mass is 32.2. The van der Waals surface area contributed by atoms with E-state index < -0.39 is 5.97 Å². The zero-order valence-corrected chi connectivity index (χ0v) is 9.13. The standard InChI is InChI=1S/C9H12N2O2S/c1-5(2)7-6(8(12)13)4-10-9(11-7)14-3/h4-5H,1-3H3,(H,12,13). The predicted octanol–water partition coefficient (Wildman–Crippen LogP) is 2.02. The Kier molecular flexibility index (Phi) is 3.46. The van der Waals surface area contributed by atoms with Crippen molar-refractivity contribution >= 4 is 17.7 Å². The Morgan fingerprint density at radius 2 is 2.21 bits per heavy atom. The molecule has 1 aromatic heterocycles. The third kappa shape index (κ3) is 2.23. The second kappa shape index (κ2) is 4.41. The minimum Gasteiger partial charge on any atom is -0.478 e. The van der Waals surface area contributed by atoms with Crippen molar-refractivity contribution in [1.29, 1.82) is 0 Å². The quantitative estimate of drug-likeness (QED) is 0.613. The van der Waals surface area contributed by atoms with E-state index in [-0.39, 0.29) is 11.5 Å². The largest absolute Gasteiger partial charge is 0.478 e. The summed E-state index contributed by atoms with van der Waals surface area (Å²) in [7, 11) is 0. The molecule has 76 valence electrons. The van der Waals surface area contributed by atoms with Gasteiger partial charge < -0.3 is 5.11 Å². The average Bonchev–Trinajstić information content (AvgIpc) is 2.16. The molecule has 0 bridgehead atoms. The molecule has 0 atom stereocenters. The molecule has 0 amide bonds. The van der Waals surface area contributed by atoms with Gasteiger partial charge in [0.2, 0.25) is 0 Å². The van der Waals surface area contributed by atoms with Gasteiger partial charge in [0, 0.05) is 6.20 Å². The number of aromatic carboxylic acids is 1. The predicted molar refractivity (Wildman–Crippen MR) is 54.9 cm³/mol. The normalized spacial score (nSPS) is 10.6. The van der Waals surface area contributed by atoms with Crippen molar-refractivity contribution in [2.45, 2.75) is 24.9 Å². The molecular weight excluding hydrogens is 200 g/mol. The first-order valence-corrected chi connectivity index (χ1v) is 5.43. The number of carbonyl (C=O) groups is 1. The molecule has 14 heavy (non-hydrogen) atoms. The minimum atomic E-state index is -0.971. The molecule has 1 heterocycles. The maximum Gasteiger partial charge on any atom is 0.339 e. The van der Waals surface area contributed by atoms with Crippen LogP contribution in [0.3, 0.4) is 0 Å². The fourth-order valence-electron chi connectivity index (χ4n) is 1.08. The van der Waals surface area contributed by atoms with Crippen molar-refractivity contribution in [3.05, 3.63) is 17.5 Å². The highest BCUT2D eigenvalue weighted by molar-refractivity contribution is 7.98. The summed E-state index contributed by atoms with van der Waals surface area (Å²) in [5.41, 5.74) is 0.787. The Bertz CT molecular complexity index is 353. The van der Waals surface area contributed by atoms with Crippen LogP contribution in [0.2, 0.25) is 0 Å². The molecule has 0 aliphatic carbocycles. The fourth-order valence-corrected chi connectivity index (χ4v) is 1.43. The number of carboxylic acids is 1. The van der Waals surface area contributed by atoms with E-state index in [1.165, 1.54) is 18.0 Å². The third-order valence-corrected chi connectivity index (χ3v) is 2.32. The molecule has 0 spiro atoms. The molecule has 1 N–H and O–H groups in total. The van der Waals surface area contributed by atoms with Crippen molar-refractivity contribution in [3.8, 4) is 0 Å². The second-order valence-corrected chi connectivity index (χ2v) is 3.89. The van der Waals surface area contributed by atoms with E-state index >= 15 is 0 Å². The molecule has 0 radical (unpaired) electrons. The minimum absolute atomic E-state index is 0.0926. The summed E-state index contributed by atoms with van der Waals surface area (Å²) in [6.45, 7) is 3.83. The number of carboxylic acid groups (broad SMARTS) is 1. The summed E-state index contributed by atoms with van der Waals surface area (Å²) >= 11 is 1.41. The smallest absolute Gasteiger partial charge is 0.339 e. The molecule has 0 fully saturated rings. The molecule has 0 aliphatic heterocycles. The zero-order valence-electron chi connectivity index (χ0n) is 8.31. The Morgan fingerprint density at radius 1 is 1.57 bits per heavy atom. The molecule has 0 saturated carbocycles. The van der Waals surface area contributed by atoms with Gasteiger partial charge in [-0.3, -0.25) is 0 Å². The first-order chi connectivity index (χ1) is 6.56. The monoisotopic (exact) mass is 212 g/mol. The summed E-state index contributed by atoms with van der Waals surface area (Å²) in [5, 5.41) is 9.50. The Labute approximate surface area is 86.8 Å². The summed E-state index contributed by atoms with van der Waals surface area (Å²) < 4.78 is 0. The van der Waals surface area contributed by atoms with Crippen LogP contribution in [0.4, 0.5) is 0 Å². The number of hydrogen-bond acceptors (Lipinski definition) is 4. The van der Waals surface area contributed by atoms with E-state index in [1.54, 1.807) is 0 Å². The zero-order chi connectivity index (χ0) is 10.7. The van der Waals surface area contributed by atoms with Crippen molar-refractivity contribution in [2.24, 2.45) is 0 Å². The molecule has 1 aromatic rings. The maximum atomic E-state index is 10.8. The van der Waals surface area contributed by atoms with Crippen LogP contribution in [0.15, 0.2) is 11.4 Å². The van der Waals surface area contributed by atoms with Gasteiger partial charge in [0.1, 0.15) is 0 Å². The van der Waals surface area contributed by atoms with Gasteiger partial charge in [-0.2, -0.15) is 0 Å². The highest BCUT2D eigenvalue weighted by Crippen LogP contribution is 2.19. The van der Waals surface area contributed by atoms with Crippen LogP contribution >= 0.6 is 11.8 Å². The summed E-state index contributed by atoms with van der Waals surface area (Å²) in [6.07, 6.45) is 3.23. The lowest BCUT2D eigenvalue weighted by Gasteiger charge is -2.08. The first-order valence-electron chi connectivity index (χ1n) is 4.20. The van der Waals surface area contributed by atoms with Gasteiger partial charge in [0.05, 0.1) is 11.3 Å². The van der Waals surface area contributed by atoms with Crippen molar-refractivity contribution in [1.82, 2.24) is 9.97 Å². The number of hydrogen-bond donors (Lipinski definition) is 1. The van der Waals surface area contributed by atoms with Crippen LogP contribution in [0, 0.1) is 0 Å². The molecule has 0 aliphatic rings. The second-order valence-electron chi connectivity index (χ2n) is 3.12. The molecule has 0 saturated heterocycles. The van der Waals surface area contributed by atoms with E-state index in [0.717, 1.165) is 0 Å². The molecule has 4 nitrogen and oxygen atoms in total. The van der Waals surface area contributed by atoms with Gasteiger partial charge in [0.15, 0.2) is 5.16 Å². The van der Waals surface area contributed by atoms with Crippen LogP contribution in [-0.4, -0.2) is 27.3 Å². The van der Waals surface area contributed by atoms with Gasteiger partial charge in [-0.15, -0.1) is 0 Å².